The number of nitrogens with zero attached hydrogens (tertiary/aromatic N) is 5. The molecule has 2 fully saturated rings. The Morgan fingerprint density at radius 2 is 1.49 bits per heavy atom. The third-order valence-corrected chi connectivity index (χ3v) is 8.15. The maximum Gasteiger partial charge on any atom is 0.410 e. The van der Waals surface area contributed by atoms with Gasteiger partial charge in [-0.15, -0.1) is 0 Å². The molecule has 45 heavy (non-hydrogen) atoms. The first-order chi connectivity index (χ1) is 21.4. The third-order valence-electron chi connectivity index (χ3n) is 7.15. The second-order valence-electron chi connectivity index (χ2n) is 10.4. The van der Waals surface area contributed by atoms with E-state index < -0.39 is 34.0 Å². The lowest BCUT2D eigenvalue weighted by Crippen LogP contribution is -2.47. The van der Waals surface area contributed by atoms with Crippen LogP contribution in [0.2, 0.25) is 0 Å². The predicted molar refractivity (Wildman–Crippen MR) is 160 cm³/mol. The molecule has 2 amide bonds. The van der Waals surface area contributed by atoms with Gasteiger partial charge >= 0.3 is 12.1 Å². The van der Waals surface area contributed by atoms with E-state index in [0.29, 0.717) is 24.1 Å². The molecular weight excluding hydrogens is 612 g/mol. The molecule has 2 saturated heterocycles. The number of carbonyl (C=O) groups is 4. The number of esters is 1. The molecular formula is C28H30N6O10S. The summed E-state index contributed by atoms with van der Waals surface area (Å²) in [7, 11) is 0. The summed E-state index contributed by atoms with van der Waals surface area (Å²) in [5, 5.41) is 21.2. The van der Waals surface area contributed by atoms with Gasteiger partial charge < -0.3 is 20.1 Å². The number of amidine groups is 1. The Balaban J connectivity index is 1.34. The lowest BCUT2D eigenvalue weighted by Gasteiger charge is -2.27. The number of rotatable bonds is 9. The van der Waals surface area contributed by atoms with Gasteiger partial charge in [-0.05, 0) is 48.2 Å². The van der Waals surface area contributed by atoms with Crippen molar-refractivity contribution in [2.45, 2.75) is 50.3 Å². The van der Waals surface area contributed by atoms with Gasteiger partial charge in [0.05, 0.1) is 15.9 Å². The van der Waals surface area contributed by atoms with E-state index in [-0.39, 0.29) is 66.2 Å². The van der Waals surface area contributed by atoms with Crippen LogP contribution in [0.25, 0.3) is 0 Å². The molecule has 2 aromatic rings. The number of hydrogen-bond donors (Lipinski definition) is 1. The Kier molecular flexibility index (Phi) is 10.7. The summed E-state index contributed by atoms with van der Waals surface area (Å²) in [4.78, 5) is 78.3. The van der Waals surface area contributed by atoms with E-state index in [1.165, 1.54) is 65.3 Å². The summed E-state index contributed by atoms with van der Waals surface area (Å²) < 4.78 is 10.6. The topological polar surface area (TPSA) is 218 Å². The summed E-state index contributed by atoms with van der Waals surface area (Å²) in [6, 6.07) is 9.62. The number of carbonyl (C=O) groups excluding carboxylic acids is 4. The van der Waals surface area contributed by atoms with Crippen molar-refractivity contribution in [3.05, 3.63) is 79.9 Å². The normalized spacial score (nSPS) is 19.7. The zero-order valence-electron chi connectivity index (χ0n) is 24.1. The first kappa shape index (κ1) is 32.8. The van der Waals surface area contributed by atoms with Crippen molar-refractivity contribution in [1.82, 2.24) is 9.80 Å². The summed E-state index contributed by atoms with van der Waals surface area (Å²) in [6.07, 6.45) is -0.116. The van der Waals surface area contributed by atoms with E-state index in [1.807, 2.05) is 0 Å². The predicted octanol–water partition coefficient (Wildman–Crippen LogP) is 2.56. The van der Waals surface area contributed by atoms with Gasteiger partial charge in [0.1, 0.15) is 19.3 Å². The van der Waals surface area contributed by atoms with Crippen LogP contribution < -0.4 is 5.73 Å². The molecule has 0 saturated carbocycles. The van der Waals surface area contributed by atoms with Gasteiger partial charge in [0.15, 0.2) is 5.12 Å². The quantitative estimate of drug-likeness (QED) is 0.137. The average molecular weight is 643 g/mol. The van der Waals surface area contributed by atoms with Crippen LogP contribution in [0.4, 0.5) is 16.2 Å². The fraction of sp³-hybridized carbons (Fsp3) is 0.393. The molecule has 2 N–H and O–H groups in total. The molecule has 0 spiro atoms. The fourth-order valence-electron chi connectivity index (χ4n) is 4.94. The zero-order chi connectivity index (χ0) is 32.7. The molecule has 0 unspecified atom stereocenters. The number of amides is 2. The van der Waals surface area contributed by atoms with Gasteiger partial charge in [0.25, 0.3) is 11.4 Å². The fourth-order valence-corrected chi connectivity index (χ4v) is 5.92. The Bertz CT molecular complexity index is 1500. The third kappa shape index (κ3) is 8.75. The Morgan fingerprint density at radius 3 is 2.02 bits per heavy atom. The molecule has 2 aliphatic rings. The van der Waals surface area contributed by atoms with Gasteiger partial charge in [0.2, 0.25) is 11.7 Å². The van der Waals surface area contributed by atoms with Crippen molar-refractivity contribution >= 4 is 52.1 Å². The van der Waals surface area contributed by atoms with Crippen LogP contribution in [0.1, 0.15) is 30.9 Å². The summed E-state index contributed by atoms with van der Waals surface area (Å²) >= 11 is 1.04. The van der Waals surface area contributed by atoms with Crippen molar-refractivity contribution < 1.29 is 38.5 Å². The SMILES string of the molecule is CC(=O)S[C@H]1C[C@@H](C(=O)N2CC[C@H](N=C(N)C(=O)OCc3ccc([N+](=O)[O-])cc3)C2)N(C(=O)OCc2ccc([N+](=O)[O-])cc2)C1. The van der Waals surface area contributed by atoms with Crippen molar-refractivity contribution in [3.63, 3.8) is 0 Å². The maximum absolute atomic E-state index is 13.6. The zero-order valence-corrected chi connectivity index (χ0v) is 24.9. The number of likely N-dealkylation sites (tertiary alicyclic amines) is 2. The molecule has 0 aliphatic carbocycles. The van der Waals surface area contributed by atoms with Crippen LogP contribution in [0, 0.1) is 20.2 Å². The lowest BCUT2D eigenvalue weighted by molar-refractivity contribution is -0.385. The molecule has 16 nitrogen and oxygen atoms in total. The molecule has 238 valence electrons. The van der Waals surface area contributed by atoms with Gasteiger partial charge in [-0.1, -0.05) is 11.8 Å². The van der Waals surface area contributed by atoms with E-state index in [4.69, 9.17) is 15.2 Å². The smallest absolute Gasteiger partial charge is 0.410 e. The number of ether oxygens (including phenoxy) is 2. The molecule has 2 aliphatic heterocycles. The van der Waals surface area contributed by atoms with Crippen molar-refractivity contribution in [3.8, 4) is 0 Å². The lowest BCUT2D eigenvalue weighted by atomic mass is 10.2. The average Bonchev–Trinajstić information content (AvgIpc) is 3.65. The number of nitro benzene ring substituents is 2. The number of aliphatic imine (C=N–C) groups is 1. The molecule has 4 rings (SSSR count). The van der Waals surface area contributed by atoms with E-state index in [9.17, 15) is 39.4 Å². The standard InChI is InChI=1S/C28H30N6O10S/c1-17(35)45-23-12-24(32(14-23)28(38)44-16-19-4-8-22(9-5-19)34(41)42)26(36)31-11-10-20(13-31)30-25(29)27(37)43-15-18-2-6-21(7-3-18)33(39)40/h2-9,20,23-24H,10-16H2,1H3,(H2,29,30)/t20-,23-,24-/m0/s1. The Labute approximate surface area is 260 Å². The monoisotopic (exact) mass is 642 g/mol. The highest BCUT2D eigenvalue weighted by Gasteiger charge is 2.44. The molecule has 3 atom stereocenters. The highest BCUT2D eigenvalue weighted by molar-refractivity contribution is 8.14. The van der Waals surface area contributed by atoms with Gasteiger partial charge in [-0.3, -0.25) is 39.7 Å². The highest BCUT2D eigenvalue weighted by Crippen LogP contribution is 2.31. The molecule has 0 radical (unpaired) electrons. The van der Waals surface area contributed by atoms with Gasteiger partial charge in [-0.2, -0.15) is 0 Å². The highest BCUT2D eigenvalue weighted by atomic mass is 32.2. The largest absolute Gasteiger partial charge is 0.455 e. The van der Waals surface area contributed by atoms with E-state index in [1.54, 1.807) is 0 Å². The minimum absolute atomic E-state index is 0.0977. The van der Waals surface area contributed by atoms with Gasteiger partial charge in [-0.25, -0.2) is 9.59 Å². The van der Waals surface area contributed by atoms with Crippen LogP contribution >= 0.6 is 11.8 Å². The second-order valence-corrected chi connectivity index (χ2v) is 11.8. The minimum atomic E-state index is -0.891. The molecule has 2 aromatic carbocycles. The summed E-state index contributed by atoms with van der Waals surface area (Å²) in [5.74, 6) is -1.61. The molecule has 17 heteroatoms. The second kappa shape index (κ2) is 14.6. The van der Waals surface area contributed by atoms with Crippen LogP contribution in [0.5, 0.6) is 0 Å². The van der Waals surface area contributed by atoms with E-state index in [2.05, 4.69) is 4.99 Å². The van der Waals surface area contributed by atoms with Crippen molar-refractivity contribution in [2.24, 2.45) is 10.7 Å². The number of non-ortho nitro benzene ring substituents is 2. The number of benzene rings is 2. The van der Waals surface area contributed by atoms with E-state index >= 15 is 0 Å². The summed E-state index contributed by atoms with van der Waals surface area (Å²) in [6.45, 7) is 1.62. The number of hydrogen-bond acceptors (Lipinski definition) is 12. The van der Waals surface area contributed by atoms with Crippen LogP contribution in [0.15, 0.2) is 53.5 Å². The molecule has 0 bridgehead atoms. The minimum Gasteiger partial charge on any atom is -0.455 e. The first-order valence-electron chi connectivity index (χ1n) is 13.8. The van der Waals surface area contributed by atoms with Gasteiger partial charge in [0, 0.05) is 56.1 Å². The Morgan fingerprint density at radius 1 is 0.933 bits per heavy atom. The van der Waals surface area contributed by atoms with Crippen LogP contribution in [-0.2, 0) is 37.1 Å². The van der Waals surface area contributed by atoms with E-state index in [0.717, 1.165) is 11.8 Å². The number of nitrogens with two attached hydrogens (primary N) is 1. The summed E-state index contributed by atoms with van der Waals surface area (Å²) in [5.41, 5.74) is 6.69. The number of thioether (sulfide) groups is 1. The first-order valence-corrected chi connectivity index (χ1v) is 14.7. The molecule has 2 heterocycles. The van der Waals surface area contributed by atoms with Crippen molar-refractivity contribution in [2.75, 3.05) is 19.6 Å². The van der Waals surface area contributed by atoms with Crippen molar-refractivity contribution in [1.29, 1.82) is 0 Å². The Hall–Kier alpha value is -5.06. The maximum atomic E-state index is 13.6. The number of nitro groups is 2. The molecule has 0 aromatic heterocycles. The van der Waals surface area contributed by atoms with Crippen LogP contribution in [0.3, 0.4) is 0 Å². The van der Waals surface area contributed by atoms with Crippen LogP contribution in [-0.4, -0.2) is 85.5 Å².